The SMILES string of the molecule is CC.CCc1cccc(OC(CC)CC)c1. The number of ether oxygens (including phenoxy) is 1. The fourth-order valence-electron chi connectivity index (χ4n) is 1.49. The van der Waals surface area contributed by atoms with E-state index in [0.717, 1.165) is 25.0 Å². The van der Waals surface area contributed by atoms with Gasteiger partial charge in [0, 0.05) is 0 Å². The average Bonchev–Trinajstić information content (AvgIpc) is 2.38. The molecule has 1 nitrogen and oxygen atoms in total. The highest BCUT2D eigenvalue weighted by Crippen LogP contribution is 2.17. The summed E-state index contributed by atoms with van der Waals surface area (Å²) in [5.41, 5.74) is 1.34. The molecule has 0 amide bonds. The van der Waals surface area contributed by atoms with E-state index in [4.69, 9.17) is 4.74 Å². The van der Waals surface area contributed by atoms with Gasteiger partial charge < -0.3 is 4.74 Å². The molecule has 1 heteroatoms. The molecule has 0 radical (unpaired) electrons. The summed E-state index contributed by atoms with van der Waals surface area (Å²) in [4.78, 5) is 0. The summed E-state index contributed by atoms with van der Waals surface area (Å²) < 4.78 is 5.86. The standard InChI is InChI=1S/C13H20O.C2H6/c1-4-11-8-7-9-13(10-11)14-12(5-2)6-3;1-2/h7-10,12H,4-6H2,1-3H3;1-2H3. The van der Waals surface area contributed by atoms with E-state index < -0.39 is 0 Å². The molecule has 0 bridgehead atoms. The molecule has 0 unspecified atom stereocenters. The highest BCUT2D eigenvalue weighted by molar-refractivity contribution is 5.28. The third-order valence-corrected chi connectivity index (χ3v) is 2.52. The zero-order valence-electron chi connectivity index (χ0n) is 11.4. The molecule has 1 aromatic rings. The fourth-order valence-corrected chi connectivity index (χ4v) is 1.49. The molecule has 1 aromatic carbocycles. The largest absolute Gasteiger partial charge is 0.490 e. The number of hydrogen-bond donors (Lipinski definition) is 0. The van der Waals surface area contributed by atoms with Crippen LogP contribution in [0.25, 0.3) is 0 Å². The Hall–Kier alpha value is -0.980. The van der Waals surface area contributed by atoms with Crippen LogP contribution in [0.3, 0.4) is 0 Å². The van der Waals surface area contributed by atoms with E-state index in [1.165, 1.54) is 5.56 Å². The van der Waals surface area contributed by atoms with E-state index >= 15 is 0 Å². The zero-order valence-corrected chi connectivity index (χ0v) is 11.4. The van der Waals surface area contributed by atoms with Crippen molar-refractivity contribution in [2.24, 2.45) is 0 Å². The molecule has 0 heterocycles. The molecule has 0 spiro atoms. The minimum Gasteiger partial charge on any atom is -0.490 e. The number of benzene rings is 1. The van der Waals surface area contributed by atoms with E-state index in [2.05, 4.69) is 39.0 Å². The van der Waals surface area contributed by atoms with Crippen molar-refractivity contribution in [3.05, 3.63) is 29.8 Å². The molecule has 0 atom stereocenters. The molecule has 0 aliphatic heterocycles. The van der Waals surface area contributed by atoms with Crippen LogP contribution in [0.1, 0.15) is 53.0 Å². The van der Waals surface area contributed by atoms with Crippen LogP contribution in [0, 0.1) is 0 Å². The molecule has 0 aliphatic rings. The number of hydrogen-bond acceptors (Lipinski definition) is 1. The van der Waals surface area contributed by atoms with Crippen molar-refractivity contribution in [2.45, 2.75) is 60.0 Å². The molecular weight excluding hydrogens is 196 g/mol. The predicted octanol–water partition coefficient (Wildman–Crippen LogP) is 4.84. The van der Waals surface area contributed by atoms with Gasteiger partial charge in [0.2, 0.25) is 0 Å². The summed E-state index contributed by atoms with van der Waals surface area (Å²) in [6.45, 7) is 10.5. The van der Waals surface area contributed by atoms with E-state index in [1.54, 1.807) is 0 Å². The summed E-state index contributed by atoms with van der Waals surface area (Å²) in [5, 5.41) is 0. The quantitative estimate of drug-likeness (QED) is 0.692. The second kappa shape index (κ2) is 9.26. The van der Waals surface area contributed by atoms with Crippen molar-refractivity contribution < 1.29 is 4.74 Å². The number of aryl methyl sites for hydroxylation is 1. The molecule has 0 saturated carbocycles. The Labute approximate surface area is 101 Å². The molecule has 0 fully saturated rings. The van der Waals surface area contributed by atoms with Gasteiger partial charge in [-0.1, -0.05) is 46.8 Å². The summed E-state index contributed by atoms with van der Waals surface area (Å²) in [7, 11) is 0. The van der Waals surface area contributed by atoms with Crippen LogP contribution in [0.2, 0.25) is 0 Å². The Morgan fingerprint density at radius 1 is 1.06 bits per heavy atom. The van der Waals surface area contributed by atoms with Crippen LogP contribution in [0.4, 0.5) is 0 Å². The van der Waals surface area contributed by atoms with Crippen molar-refractivity contribution in [1.29, 1.82) is 0 Å². The second-order valence-corrected chi connectivity index (χ2v) is 3.56. The Kier molecular flexibility index (Phi) is 8.69. The summed E-state index contributed by atoms with van der Waals surface area (Å²) in [6.07, 6.45) is 3.59. The van der Waals surface area contributed by atoms with Gasteiger partial charge in [0.05, 0.1) is 6.10 Å². The van der Waals surface area contributed by atoms with Crippen molar-refractivity contribution in [3.8, 4) is 5.75 Å². The lowest BCUT2D eigenvalue weighted by Crippen LogP contribution is -2.13. The molecule has 1 rings (SSSR count). The molecule has 92 valence electrons. The van der Waals surface area contributed by atoms with Crippen LogP contribution in [0.5, 0.6) is 5.75 Å². The van der Waals surface area contributed by atoms with E-state index in [0.29, 0.717) is 6.10 Å². The normalized spacial score (nSPS) is 9.62. The van der Waals surface area contributed by atoms with Crippen LogP contribution in [0.15, 0.2) is 24.3 Å². The molecule has 0 aromatic heterocycles. The molecule has 0 aliphatic carbocycles. The molecular formula is C15H26O. The zero-order chi connectivity index (χ0) is 12.4. The minimum absolute atomic E-state index is 0.363. The van der Waals surface area contributed by atoms with Gasteiger partial charge in [0.1, 0.15) is 5.75 Å². The van der Waals surface area contributed by atoms with Gasteiger partial charge in [-0.2, -0.15) is 0 Å². The molecule has 16 heavy (non-hydrogen) atoms. The summed E-state index contributed by atoms with van der Waals surface area (Å²) in [6, 6.07) is 8.38. The Morgan fingerprint density at radius 2 is 1.69 bits per heavy atom. The lowest BCUT2D eigenvalue weighted by atomic mass is 10.1. The van der Waals surface area contributed by atoms with Crippen molar-refractivity contribution in [2.75, 3.05) is 0 Å². The average molecular weight is 222 g/mol. The predicted molar refractivity (Wildman–Crippen MR) is 72.2 cm³/mol. The van der Waals surface area contributed by atoms with Crippen molar-refractivity contribution in [1.82, 2.24) is 0 Å². The van der Waals surface area contributed by atoms with Gasteiger partial charge in [-0.3, -0.25) is 0 Å². The lowest BCUT2D eigenvalue weighted by molar-refractivity contribution is 0.193. The molecule has 0 N–H and O–H groups in total. The fraction of sp³-hybridized carbons (Fsp3) is 0.600. The Morgan fingerprint density at radius 3 is 2.19 bits per heavy atom. The summed E-state index contributed by atoms with van der Waals surface area (Å²) in [5.74, 6) is 1.01. The van der Waals surface area contributed by atoms with Crippen LogP contribution >= 0.6 is 0 Å². The maximum Gasteiger partial charge on any atom is 0.119 e. The lowest BCUT2D eigenvalue weighted by Gasteiger charge is -2.15. The van der Waals surface area contributed by atoms with Crippen molar-refractivity contribution >= 4 is 0 Å². The minimum atomic E-state index is 0.363. The van der Waals surface area contributed by atoms with Crippen LogP contribution in [-0.2, 0) is 6.42 Å². The smallest absolute Gasteiger partial charge is 0.119 e. The first kappa shape index (κ1) is 15.0. The number of rotatable bonds is 5. The van der Waals surface area contributed by atoms with Gasteiger partial charge in [-0.05, 0) is 37.0 Å². The van der Waals surface area contributed by atoms with E-state index in [-0.39, 0.29) is 0 Å². The Balaban J connectivity index is 0.00000106. The van der Waals surface area contributed by atoms with Gasteiger partial charge in [0.25, 0.3) is 0 Å². The van der Waals surface area contributed by atoms with Gasteiger partial charge in [-0.25, -0.2) is 0 Å². The second-order valence-electron chi connectivity index (χ2n) is 3.56. The topological polar surface area (TPSA) is 9.23 Å². The molecule has 0 saturated heterocycles. The Bertz CT molecular complexity index is 264. The highest BCUT2D eigenvalue weighted by Gasteiger charge is 2.04. The maximum absolute atomic E-state index is 5.86. The third-order valence-electron chi connectivity index (χ3n) is 2.52. The first-order valence-corrected chi connectivity index (χ1v) is 6.55. The van der Waals surface area contributed by atoms with Crippen LogP contribution < -0.4 is 4.74 Å². The first-order chi connectivity index (χ1) is 7.80. The van der Waals surface area contributed by atoms with Gasteiger partial charge in [-0.15, -0.1) is 0 Å². The van der Waals surface area contributed by atoms with E-state index in [9.17, 15) is 0 Å². The maximum atomic E-state index is 5.86. The van der Waals surface area contributed by atoms with Crippen LogP contribution in [-0.4, -0.2) is 6.10 Å². The van der Waals surface area contributed by atoms with Crippen molar-refractivity contribution in [3.63, 3.8) is 0 Å². The first-order valence-electron chi connectivity index (χ1n) is 6.55. The monoisotopic (exact) mass is 222 g/mol. The van der Waals surface area contributed by atoms with Gasteiger partial charge >= 0.3 is 0 Å². The highest BCUT2D eigenvalue weighted by atomic mass is 16.5. The van der Waals surface area contributed by atoms with E-state index in [1.807, 2.05) is 19.9 Å². The van der Waals surface area contributed by atoms with Gasteiger partial charge in [0.15, 0.2) is 0 Å². The third kappa shape index (κ3) is 5.20. The summed E-state index contributed by atoms with van der Waals surface area (Å²) >= 11 is 0.